The minimum Gasteiger partial charge on any atom is -0.298 e. The van der Waals surface area contributed by atoms with Crippen LogP contribution in [0.15, 0.2) is 49.3 Å². The van der Waals surface area contributed by atoms with Crippen molar-refractivity contribution < 1.29 is 4.79 Å². The van der Waals surface area contributed by atoms with Crippen molar-refractivity contribution in [3.63, 3.8) is 0 Å². The SMILES string of the molecule is Cc1ccc(-c2cnc3c(-c4cnn(C)c4)cc(C(=O)C[C@@H](C)c4ncn[nH]4)cn23)s1. The number of thiophene rings is 1. The summed E-state index contributed by atoms with van der Waals surface area (Å²) in [4.78, 5) is 24.5. The van der Waals surface area contributed by atoms with Gasteiger partial charge in [-0.1, -0.05) is 6.92 Å². The van der Waals surface area contributed by atoms with Gasteiger partial charge in [-0.2, -0.15) is 10.2 Å². The number of carbonyl (C=O) groups excluding carboxylic acids is 1. The number of hydrogen-bond acceptors (Lipinski definition) is 6. The molecule has 1 atom stereocenters. The van der Waals surface area contributed by atoms with Crippen molar-refractivity contribution >= 4 is 22.8 Å². The van der Waals surface area contributed by atoms with Crippen LogP contribution in [0.4, 0.5) is 0 Å². The van der Waals surface area contributed by atoms with Crippen LogP contribution in [0.3, 0.4) is 0 Å². The van der Waals surface area contributed by atoms with Crippen molar-refractivity contribution in [3.8, 4) is 21.7 Å². The molecule has 8 nitrogen and oxygen atoms in total. The van der Waals surface area contributed by atoms with Crippen molar-refractivity contribution in [3.05, 3.63) is 65.6 Å². The summed E-state index contributed by atoms with van der Waals surface area (Å²) in [7, 11) is 1.88. The number of nitrogens with zero attached hydrogens (tertiary/aromatic N) is 6. The van der Waals surface area contributed by atoms with Crippen LogP contribution >= 0.6 is 11.3 Å². The molecule has 31 heavy (non-hydrogen) atoms. The summed E-state index contributed by atoms with van der Waals surface area (Å²) in [6.45, 7) is 4.05. The number of nitrogens with one attached hydrogen (secondary N) is 1. The van der Waals surface area contributed by atoms with Crippen LogP contribution in [-0.2, 0) is 7.05 Å². The molecule has 5 aromatic heterocycles. The third-order valence-electron chi connectivity index (χ3n) is 5.33. The Morgan fingerprint density at radius 2 is 2.10 bits per heavy atom. The Morgan fingerprint density at radius 3 is 2.77 bits per heavy atom. The fourth-order valence-electron chi connectivity index (χ4n) is 3.71. The molecule has 0 unspecified atom stereocenters. The molecule has 0 amide bonds. The average Bonchev–Trinajstić information content (AvgIpc) is 3.54. The average molecular weight is 432 g/mol. The van der Waals surface area contributed by atoms with E-state index < -0.39 is 0 Å². The molecule has 0 aliphatic heterocycles. The van der Waals surface area contributed by atoms with Crippen LogP contribution in [0, 0.1) is 6.92 Å². The van der Waals surface area contributed by atoms with E-state index in [1.54, 1.807) is 22.2 Å². The summed E-state index contributed by atoms with van der Waals surface area (Å²) in [5.74, 6) is 0.687. The van der Waals surface area contributed by atoms with Gasteiger partial charge in [0.2, 0.25) is 0 Å². The van der Waals surface area contributed by atoms with E-state index in [0.29, 0.717) is 17.8 Å². The molecule has 5 heterocycles. The first-order valence-electron chi connectivity index (χ1n) is 9.95. The van der Waals surface area contributed by atoms with Crippen LogP contribution in [0.5, 0.6) is 0 Å². The van der Waals surface area contributed by atoms with Crippen molar-refractivity contribution in [1.82, 2.24) is 34.3 Å². The van der Waals surface area contributed by atoms with Crippen LogP contribution in [0.25, 0.3) is 27.3 Å². The molecule has 0 radical (unpaired) electrons. The lowest BCUT2D eigenvalue weighted by Gasteiger charge is -2.11. The first-order chi connectivity index (χ1) is 15.0. The fourth-order valence-corrected chi connectivity index (χ4v) is 4.59. The highest BCUT2D eigenvalue weighted by atomic mass is 32.1. The number of aromatic nitrogens is 7. The number of rotatable bonds is 6. The molecular formula is C22H21N7OS. The van der Waals surface area contributed by atoms with Crippen molar-refractivity contribution in [1.29, 1.82) is 0 Å². The largest absolute Gasteiger partial charge is 0.298 e. The number of Topliss-reactive ketones (excluding diaryl/α,β-unsaturated/α-hetero) is 1. The molecule has 0 saturated heterocycles. The molecule has 9 heteroatoms. The number of fused-ring (bicyclic) bond motifs is 1. The molecule has 5 rings (SSSR count). The molecule has 0 bridgehead atoms. The Balaban J connectivity index is 1.63. The van der Waals surface area contributed by atoms with Gasteiger partial charge in [0, 0.05) is 53.3 Å². The second-order valence-electron chi connectivity index (χ2n) is 7.69. The zero-order valence-electron chi connectivity index (χ0n) is 17.4. The molecule has 156 valence electrons. The standard InChI is InChI=1S/C22H21N7OS/c1-13(21-24-12-25-27-21)6-19(30)15-7-17(16-8-26-28(3)10-16)22-23-9-18(29(22)11-15)20-5-4-14(2)31-20/h4-5,7-13H,6H2,1-3H3,(H,24,25,27)/t13-/m1/s1. The van der Waals surface area contributed by atoms with E-state index >= 15 is 0 Å². The van der Waals surface area contributed by atoms with E-state index in [-0.39, 0.29) is 11.7 Å². The van der Waals surface area contributed by atoms with Gasteiger partial charge in [0.1, 0.15) is 17.8 Å². The second-order valence-corrected chi connectivity index (χ2v) is 8.98. The maximum atomic E-state index is 13.2. The highest BCUT2D eigenvalue weighted by molar-refractivity contribution is 7.15. The van der Waals surface area contributed by atoms with Gasteiger partial charge in [-0.25, -0.2) is 9.97 Å². The molecule has 1 N–H and O–H groups in total. The maximum Gasteiger partial charge on any atom is 0.165 e. The van der Waals surface area contributed by atoms with Gasteiger partial charge in [-0.05, 0) is 25.1 Å². The molecule has 0 aromatic carbocycles. The normalized spacial score (nSPS) is 12.5. The predicted molar refractivity (Wildman–Crippen MR) is 119 cm³/mol. The van der Waals surface area contributed by atoms with E-state index in [0.717, 1.165) is 27.3 Å². The summed E-state index contributed by atoms with van der Waals surface area (Å²) >= 11 is 1.71. The highest BCUT2D eigenvalue weighted by Gasteiger charge is 2.20. The van der Waals surface area contributed by atoms with E-state index in [2.05, 4.69) is 44.3 Å². The third kappa shape index (κ3) is 3.57. The number of imidazole rings is 1. The number of carbonyl (C=O) groups is 1. The number of H-pyrrole nitrogens is 1. The number of pyridine rings is 1. The summed E-state index contributed by atoms with van der Waals surface area (Å²) in [6, 6.07) is 6.10. The fraction of sp³-hybridized carbons (Fsp3) is 0.227. The van der Waals surface area contributed by atoms with Gasteiger partial charge in [0.05, 0.1) is 23.0 Å². The minimum absolute atomic E-state index is 0.0398. The smallest absolute Gasteiger partial charge is 0.165 e. The topological polar surface area (TPSA) is 93.8 Å². The zero-order valence-corrected chi connectivity index (χ0v) is 18.2. The predicted octanol–water partition coefficient (Wildman–Crippen LogP) is 4.27. The summed E-state index contributed by atoms with van der Waals surface area (Å²) < 4.78 is 3.76. The second kappa shape index (κ2) is 7.59. The van der Waals surface area contributed by atoms with E-state index in [9.17, 15) is 4.79 Å². The van der Waals surface area contributed by atoms with Gasteiger partial charge < -0.3 is 0 Å². The Morgan fingerprint density at radius 1 is 1.23 bits per heavy atom. The maximum absolute atomic E-state index is 13.2. The van der Waals surface area contributed by atoms with Crippen molar-refractivity contribution in [2.75, 3.05) is 0 Å². The molecule has 0 aliphatic carbocycles. The molecule has 5 aromatic rings. The Hall–Kier alpha value is -3.59. The van der Waals surface area contributed by atoms with Crippen LogP contribution in [-0.4, -0.2) is 40.1 Å². The van der Waals surface area contributed by atoms with Crippen LogP contribution in [0.1, 0.15) is 40.3 Å². The number of hydrogen-bond donors (Lipinski definition) is 1. The van der Waals surface area contributed by atoms with Crippen LogP contribution in [0.2, 0.25) is 0 Å². The molecular weight excluding hydrogens is 410 g/mol. The van der Waals surface area contributed by atoms with Gasteiger partial charge >= 0.3 is 0 Å². The first kappa shape index (κ1) is 19.4. The molecule has 0 saturated carbocycles. The summed E-state index contributed by atoms with van der Waals surface area (Å²) in [6.07, 6.45) is 9.28. The third-order valence-corrected chi connectivity index (χ3v) is 6.35. The van der Waals surface area contributed by atoms with Gasteiger partial charge in [-0.3, -0.25) is 19.0 Å². The highest BCUT2D eigenvalue weighted by Crippen LogP contribution is 2.33. The van der Waals surface area contributed by atoms with Crippen molar-refractivity contribution in [2.45, 2.75) is 26.2 Å². The number of ketones is 1. The molecule has 0 fully saturated rings. The van der Waals surface area contributed by atoms with Crippen molar-refractivity contribution in [2.24, 2.45) is 7.05 Å². The Labute approximate surface area is 182 Å². The summed E-state index contributed by atoms with van der Waals surface area (Å²) in [5, 5.41) is 11.0. The molecule has 0 aliphatic rings. The minimum atomic E-state index is -0.0604. The summed E-state index contributed by atoms with van der Waals surface area (Å²) in [5.41, 5.74) is 4.20. The monoisotopic (exact) mass is 431 g/mol. The van der Waals surface area contributed by atoms with E-state index in [1.807, 2.05) is 43.0 Å². The zero-order chi connectivity index (χ0) is 21.5. The van der Waals surface area contributed by atoms with Gasteiger partial charge in [0.15, 0.2) is 5.78 Å². The van der Waals surface area contributed by atoms with E-state index in [1.165, 1.54) is 11.2 Å². The van der Waals surface area contributed by atoms with Crippen LogP contribution < -0.4 is 0 Å². The lowest BCUT2D eigenvalue weighted by atomic mass is 9.98. The van der Waals surface area contributed by atoms with Gasteiger partial charge in [-0.15, -0.1) is 11.3 Å². The lowest BCUT2D eigenvalue weighted by molar-refractivity contribution is 0.0974. The number of aromatic amines is 1. The number of aryl methyl sites for hydroxylation is 2. The van der Waals surface area contributed by atoms with Gasteiger partial charge in [0.25, 0.3) is 0 Å². The Kier molecular flexibility index (Phi) is 4.74. The molecule has 0 spiro atoms. The Bertz CT molecular complexity index is 1380. The van der Waals surface area contributed by atoms with E-state index in [4.69, 9.17) is 0 Å². The quantitative estimate of drug-likeness (QED) is 0.405. The first-order valence-corrected chi connectivity index (χ1v) is 10.8. The lowest BCUT2D eigenvalue weighted by Crippen LogP contribution is -2.08.